The average molecular weight is 696 g/mol. The standard InChI is InChI=1S/C35H39ClFN7O5.2H2/c1-22(43(30-13-11-27(48-2)21-31(30)49-3)35(47)39-25-9-7-24(37)8-10-25)33-40-29-19-23(36)6-12-28(29)34(46)44(33)42-17-15-41(16-18-42)32(45)20-26-5-4-14-38-26;;/h6-13,19,21-22,26,38H,4-5,14-18,20H2,1-3H3,(H,39,47);2*1H/t22?,26-;;/m0../s1. The lowest BCUT2D eigenvalue weighted by Crippen LogP contribution is -2.57. The first-order valence-corrected chi connectivity index (χ1v) is 16.6. The zero-order chi connectivity index (χ0) is 34.7. The number of aromatic nitrogens is 2. The fraction of sp³-hybridized carbons (Fsp3) is 0.371. The van der Waals surface area contributed by atoms with E-state index in [2.05, 4.69) is 10.6 Å². The van der Waals surface area contributed by atoms with Gasteiger partial charge in [-0.2, -0.15) is 0 Å². The molecule has 2 fully saturated rings. The summed E-state index contributed by atoms with van der Waals surface area (Å²) in [6, 6.07) is 14.1. The van der Waals surface area contributed by atoms with Gasteiger partial charge >= 0.3 is 6.03 Å². The number of carbonyl (C=O) groups excluding carboxylic acids is 2. The summed E-state index contributed by atoms with van der Waals surface area (Å²) in [5, 5.41) is 8.86. The van der Waals surface area contributed by atoms with Gasteiger partial charge in [-0.3, -0.25) is 14.5 Å². The maximum Gasteiger partial charge on any atom is 0.327 e. The van der Waals surface area contributed by atoms with Crippen molar-refractivity contribution in [2.24, 2.45) is 0 Å². The van der Waals surface area contributed by atoms with Crippen molar-refractivity contribution in [3.05, 3.63) is 87.7 Å². The van der Waals surface area contributed by atoms with E-state index in [1.807, 2.05) is 9.91 Å². The molecule has 0 bridgehead atoms. The fourth-order valence-electron chi connectivity index (χ4n) is 6.44. The van der Waals surface area contributed by atoms with Crippen LogP contribution >= 0.6 is 11.6 Å². The lowest BCUT2D eigenvalue weighted by molar-refractivity contribution is -0.132. The minimum atomic E-state index is -0.869. The van der Waals surface area contributed by atoms with Crippen molar-refractivity contribution in [3.8, 4) is 11.5 Å². The molecular formula is C35H43ClFN7O5. The molecule has 0 radical (unpaired) electrons. The van der Waals surface area contributed by atoms with Crippen molar-refractivity contribution in [2.45, 2.75) is 38.3 Å². The third kappa shape index (κ3) is 7.27. The molecule has 0 spiro atoms. The minimum Gasteiger partial charge on any atom is -0.497 e. The molecule has 6 rings (SSSR count). The summed E-state index contributed by atoms with van der Waals surface area (Å²) in [7, 11) is 3.01. The molecule has 2 saturated heterocycles. The highest BCUT2D eigenvalue weighted by molar-refractivity contribution is 6.31. The molecule has 1 aromatic heterocycles. The first-order chi connectivity index (χ1) is 23.7. The Bertz CT molecular complexity index is 1900. The number of ether oxygens (including phenoxy) is 2. The van der Waals surface area contributed by atoms with Gasteiger partial charge in [-0.05, 0) is 80.9 Å². The Morgan fingerprint density at radius 2 is 1.84 bits per heavy atom. The molecule has 3 heterocycles. The molecule has 2 aliphatic rings. The van der Waals surface area contributed by atoms with E-state index in [1.165, 1.54) is 48.1 Å². The van der Waals surface area contributed by atoms with Crippen LogP contribution in [0, 0.1) is 5.82 Å². The van der Waals surface area contributed by atoms with Crippen molar-refractivity contribution < 1.29 is 26.3 Å². The number of anilines is 2. The second-order valence-electron chi connectivity index (χ2n) is 12.1. The van der Waals surface area contributed by atoms with Gasteiger partial charge in [-0.25, -0.2) is 18.8 Å². The van der Waals surface area contributed by atoms with Crippen molar-refractivity contribution in [2.75, 3.05) is 62.2 Å². The van der Waals surface area contributed by atoms with Crippen LogP contribution < -0.4 is 35.6 Å². The normalized spacial score (nSPS) is 16.8. The molecule has 12 nitrogen and oxygen atoms in total. The van der Waals surface area contributed by atoms with Crippen LogP contribution in [0.3, 0.4) is 0 Å². The monoisotopic (exact) mass is 695 g/mol. The molecule has 2 atom stereocenters. The zero-order valence-corrected chi connectivity index (χ0v) is 28.4. The summed E-state index contributed by atoms with van der Waals surface area (Å²) in [6.45, 7) is 4.28. The number of benzene rings is 3. The van der Waals surface area contributed by atoms with Crippen LogP contribution in [-0.4, -0.2) is 79.5 Å². The van der Waals surface area contributed by atoms with Crippen molar-refractivity contribution >= 4 is 45.8 Å². The molecule has 49 heavy (non-hydrogen) atoms. The summed E-state index contributed by atoms with van der Waals surface area (Å²) in [4.78, 5) is 49.9. The number of rotatable bonds is 9. The van der Waals surface area contributed by atoms with Crippen LogP contribution in [0.15, 0.2) is 65.5 Å². The number of hydrogen-bond acceptors (Lipinski definition) is 8. The predicted molar refractivity (Wildman–Crippen MR) is 191 cm³/mol. The maximum absolute atomic E-state index is 14.3. The number of amides is 3. The summed E-state index contributed by atoms with van der Waals surface area (Å²) in [5.74, 6) is 0.754. The van der Waals surface area contributed by atoms with Gasteiger partial charge in [0.15, 0.2) is 5.82 Å². The molecule has 14 heteroatoms. The number of urea groups is 1. The van der Waals surface area contributed by atoms with E-state index < -0.39 is 17.9 Å². The first kappa shape index (κ1) is 34.0. The summed E-state index contributed by atoms with van der Waals surface area (Å²) in [5.41, 5.74) is 0.770. The Labute approximate surface area is 291 Å². The van der Waals surface area contributed by atoms with Crippen molar-refractivity contribution in [3.63, 3.8) is 0 Å². The molecule has 0 aliphatic carbocycles. The highest BCUT2D eigenvalue weighted by Gasteiger charge is 2.33. The number of halogens is 2. The molecule has 2 aliphatic heterocycles. The molecule has 3 amide bonds. The van der Waals surface area contributed by atoms with Gasteiger partial charge in [0.2, 0.25) is 5.91 Å². The summed E-state index contributed by atoms with van der Waals surface area (Å²) in [6.07, 6.45) is 2.50. The molecule has 1 unspecified atom stereocenters. The van der Waals surface area contributed by atoms with E-state index in [0.29, 0.717) is 71.4 Å². The number of piperazine rings is 1. The Morgan fingerprint density at radius 3 is 2.51 bits per heavy atom. The van der Waals surface area contributed by atoms with Crippen LogP contribution in [0.5, 0.6) is 11.5 Å². The quantitative estimate of drug-likeness (QED) is 0.238. The number of nitrogens with zero attached hydrogens (tertiary/aromatic N) is 5. The van der Waals surface area contributed by atoms with Gasteiger partial charge < -0.3 is 30.0 Å². The minimum absolute atomic E-state index is 0. The lowest BCUT2D eigenvalue weighted by Gasteiger charge is -2.39. The number of fused-ring (bicyclic) bond motifs is 1. The highest BCUT2D eigenvalue weighted by atomic mass is 35.5. The Kier molecular flexibility index (Phi) is 10.2. The van der Waals surface area contributed by atoms with Crippen LogP contribution in [0.2, 0.25) is 5.02 Å². The van der Waals surface area contributed by atoms with Gasteiger partial charge in [-0.1, -0.05) is 11.6 Å². The van der Waals surface area contributed by atoms with E-state index in [0.717, 1.165) is 19.4 Å². The summed E-state index contributed by atoms with van der Waals surface area (Å²) < 4.78 is 26.3. The Hall–Kier alpha value is -4.88. The number of nitrogens with one attached hydrogen (secondary N) is 2. The third-order valence-corrected chi connectivity index (χ3v) is 9.27. The second-order valence-corrected chi connectivity index (χ2v) is 12.5. The molecule has 262 valence electrons. The van der Waals surface area contributed by atoms with Gasteiger partial charge in [-0.15, -0.1) is 0 Å². The molecule has 3 aromatic carbocycles. The molecule has 0 saturated carbocycles. The second kappa shape index (κ2) is 14.7. The first-order valence-electron chi connectivity index (χ1n) is 16.2. The van der Waals surface area contributed by atoms with Gasteiger partial charge in [0, 0.05) is 45.2 Å². The van der Waals surface area contributed by atoms with Gasteiger partial charge in [0.1, 0.15) is 17.3 Å². The smallest absolute Gasteiger partial charge is 0.327 e. The van der Waals surface area contributed by atoms with Crippen LogP contribution in [0.25, 0.3) is 10.9 Å². The molecular weight excluding hydrogens is 653 g/mol. The predicted octanol–water partition coefficient (Wildman–Crippen LogP) is 5.42. The van der Waals surface area contributed by atoms with E-state index in [4.69, 9.17) is 26.1 Å². The van der Waals surface area contributed by atoms with Crippen LogP contribution in [0.4, 0.5) is 20.6 Å². The van der Waals surface area contributed by atoms with E-state index >= 15 is 0 Å². The highest BCUT2D eigenvalue weighted by Crippen LogP contribution is 2.37. The zero-order valence-electron chi connectivity index (χ0n) is 27.6. The number of carbonyl (C=O) groups is 2. The van der Waals surface area contributed by atoms with Gasteiger partial charge in [0.05, 0.1) is 49.9 Å². The Balaban J connectivity index is 0.00000292. The Morgan fingerprint density at radius 1 is 1.08 bits per heavy atom. The van der Waals surface area contributed by atoms with E-state index in [-0.39, 0.29) is 26.2 Å². The van der Waals surface area contributed by atoms with E-state index in [9.17, 15) is 18.8 Å². The number of hydrogen-bond donors (Lipinski definition) is 2. The van der Waals surface area contributed by atoms with Crippen molar-refractivity contribution in [1.29, 1.82) is 0 Å². The molecule has 4 aromatic rings. The summed E-state index contributed by atoms with van der Waals surface area (Å²) >= 11 is 6.35. The SMILES string of the molecule is COc1ccc(N(C(=O)Nc2ccc(F)cc2)C(C)c2nc3cc(Cl)ccc3c(=O)n2N2CCN(C(=O)C[C@@H]3CCCN3)CC2)c(OC)c1.[HH].[HH]. The topological polar surface area (TPSA) is 121 Å². The largest absolute Gasteiger partial charge is 0.497 e. The lowest BCUT2D eigenvalue weighted by atomic mass is 10.1. The van der Waals surface area contributed by atoms with Crippen molar-refractivity contribution in [1.82, 2.24) is 19.9 Å². The van der Waals surface area contributed by atoms with Gasteiger partial charge in [0.25, 0.3) is 5.56 Å². The average Bonchev–Trinajstić information content (AvgIpc) is 3.62. The molecule has 2 N–H and O–H groups in total. The maximum atomic E-state index is 14.3. The van der Waals surface area contributed by atoms with Crippen LogP contribution in [0.1, 0.15) is 40.9 Å². The van der Waals surface area contributed by atoms with E-state index in [1.54, 1.807) is 43.3 Å². The number of methoxy groups -OCH3 is 2. The fourth-order valence-corrected chi connectivity index (χ4v) is 6.60. The van der Waals surface area contributed by atoms with Crippen LogP contribution in [-0.2, 0) is 4.79 Å². The third-order valence-electron chi connectivity index (χ3n) is 9.03.